The Kier molecular flexibility index (Phi) is 4.11. The van der Waals surface area contributed by atoms with Crippen molar-refractivity contribution in [1.29, 1.82) is 0 Å². The molecule has 0 aliphatic carbocycles. The van der Waals surface area contributed by atoms with Crippen LogP contribution < -0.4 is 0 Å². The molecule has 0 fully saturated rings. The Hall–Kier alpha value is -2.86. The van der Waals surface area contributed by atoms with Gasteiger partial charge in [0, 0.05) is 5.56 Å². The van der Waals surface area contributed by atoms with Gasteiger partial charge < -0.3 is 5.11 Å². The van der Waals surface area contributed by atoms with Crippen LogP contribution in [0.25, 0.3) is 11.3 Å². The Labute approximate surface area is 149 Å². The van der Waals surface area contributed by atoms with Gasteiger partial charge in [-0.1, -0.05) is 72.4 Å². The standard InChI is InChI=1S/C19H15N3O2S/c23-17(24)11-16-18(14-9-5-2-6-10-14)21-22-12-15(20-19(22)25-16)13-7-3-1-4-8-13/h1-10,12,16H,11H2,(H,23,24)/t16-/m0/s1. The summed E-state index contributed by atoms with van der Waals surface area (Å²) in [6.07, 6.45) is 1.89. The first-order valence-corrected chi connectivity index (χ1v) is 8.76. The van der Waals surface area contributed by atoms with Crippen LogP contribution in [-0.2, 0) is 4.79 Å². The minimum absolute atomic E-state index is 0.00588. The molecule has 6 heteroatoms. The van der Waals surface area contributed by atoms with E-state index in [4.69, 9.17) is 0 Å². The second-order valence-electron chi connectivity index (χ2n) is 5.67. The number of carbonyl (C=O) groups is 1. The molecule has 1 aliphatic heterocycles. The van der Waals surface area contributed by atoms with Crippen molar-refractivity contribution in [2.75, 3.05) is 0 Å². The molecule has 25 heavy (non-hydrogen) atoms. The van der Waals surface area contributed by atoms with Gasteiger partial charge in [0.25, 0.3) is 0 Å². The fourth-order valence-corrected chi connectivity index (χ4v) is 3.90. The largest absolute Gasteiger partial charge is 0.481 e. The molecule has 2 aromatic carbocycles. The van der Waals surface area contributed by atoms with Gasteiger partial charge >= 0.3 is 5.97 Å². The average molecular weight is 349 g/mol. The van der Waals surface area contributed by atoms with E-state index in [0.717, 1.165) is 22.5 Å². The lowest BCUT2D eigenvalue weighted by atomic mass is 10.1. The smallest absolute Gasteiger partial charge is 0.304 e. The summed E-state index contributed by atoms with van der Waals surface area (Å²) in [5.41, 5.74) is 3.53. The highest BCUT2D eigenvalue weighted by molar-refractivity contribution is 8.00. The number of fused-ring (bicyclic) bond motifs is 1. The maximum absolute atomic E-state index is 11.3. The van der Waals surface area contributed by atoms with Crippen LogP contribution in [0.2, 0.25) is 0 Å². The summed E-state index contributed by atoms with van der Waals surface area (Å²) < 4.78 is 1.74. The minimum Gasteiger partial charge on any atom is -0.481 e. The zero-order chi connectivity index (χ0) is 17.2. The first-order chi connectivity index (χ1) is 12.2. The molecule has 0 saturated carbocycles. The maximum Gasteiger partial charge on any atom is 0.304 e. The molecule has 1 aromatic heterocycles. The molecule has 0 unspecified atom stereocenters. The molecule has 0 saturated heterocycles. The van der Waals surface area contributed by atoms with Gasteiger partial charge in [-0.3, -0.25) is 4.79 Å². The number of benzene rings is 2. The molecular weight excluding hydrogens is 334 g/mol. The van der Waals surface area contributed by atoms with E-state index in [0.29, 0.717) is 5.16 Å². The topological polar surface area (TPSA) is 67.5 Å². The number of carboxylic acids is 1. The van der Waals surface area contributed by atoms with Gasteiger partial charge in [0.05, 0.1) is 29.3 Å². The SMILES string of the molecule is O=C(O)C[C@@H]1Sc2nc(-c3ccccc3)cn2N=C1c1ccccc1. The molecule has 0 bridgehead atoms. The number of aliphatic carboxylic acids is 1. The second kappa shape index (κ2) is 6.57. The Morgan fingerprint density at radius 3 is 2.32 bits per heavy atom. The van der Waals surface area contributed by atoms with E-state index in [9.17, 15) is 9.90 Å². The van der Waals surface area contributed by atoms with E-state index in [2.05, 4.69) is 10.1 Å². The number of imidazole rings is 1. The first-order valence-electron chi connectivity index (χ1n) is 7.88. The van der Waals surface area contributed by atoms with Crippen LogP contribution in [0.15, 0.2) is 77.1 Å². The third-order valence-electron chi connectivity index (χ3n) is 3.92. The molecule has 2 heterocycles. The third-order valence-corrected chi connectivity index (χ3v) is 5.09. The predicted octanol–water partition coefficient (Wildman–Crippen LogP) is 3.75. The predicted molar refractivity (Wildman–Crippen MR) is 97.9 cm³/mol. The summed E-state index contributed by atoms with van der Waals surface area (Å²) >= 11 is 1.44. The van der Waals surface area contributed by atoms with Crippen molar-refractivity contribution in [2.45, 2.75) is 16.8 Å². The molecule has 0 spiro atoms. The summed E-state index contributed by atoms with van der Waals surface area (Å²) in [5, 5.41) is 14.4. The number of nitrogens with zero attached hydrogens (tertiary/aromatic N) is 3. The second-order valence-corrected chi connectivity index (χ2v) is 6.84. The highest BCUT2D eigenvalue weighted by atomic mass is 32.2. The molecule has 3 aromatic rings. The lowest BCUT2D eigenvalue weighted by Gasteiger charge is -2.21. The molecule has 0 radical (unpaired) electrons. The normalized spacial score (nSPS) is 16.2. The van der Waals surface area contributed by atoms with Crippen LogP contribution in [0, 0.1) is 0 Å². The van der Waals surface area contributed by atoms with Crippen molar-refractivity contribution in [3.05, 3.63) is 72.4 Å². The van der Waals surface area contributed by atoms with E-state index >= 15 is 0 Å². The molecule has 5 nitrogen and oxygen atoms in total. The van der Waals surface area contributed by atoms with Gasteiger partial charge in [-0.2, -0.15) is 5.10 Å². The van der Waals surface area contributed by atoms with Crippen molar-refractivity contribution in [2.24, 2.45) is 5.10 Å². The van der Waals surface area contributed by atoms with Crippen molar-refractivity contribution >= 4 is 23.4 Å². The van der Waals surface area contributed by atoms with Gasteiger partial charge in [0.2, 0.25) is 0 Å². The summed E-state index contributed by atoms with van der Waals surface area (Å²) in [7, 11) is 0. The number of aromatic nitrogens is 2. The van der Waals surface area contributed by atoms with Crippen LogP contribution in [0.1, 0.15) is 12.0 Å². The summed E-state index contributed by atoms with van der Waals surface area (Å²) in [6, 6.07) is 19.6. The third kappa shape index (κ3) is 3.21. The number of carboxylic acid groups (broad SMARTS) is 1. The average Bonchev–Trinajstić information content (AvgIpc) is 3.05. The van der Waals surface area contributed by atoms with Gasteiger partial charge in [-0.25, -0.2) is 9.66 Å². The number of rotatable bonds is 4. The summed E-state index contributed by atoms with van der Waals surface area (Å²) in [4.78, 5) is 15.9. The number of thioether (sulfide) groups is 1. The maximum atomic E-state index is 11.3. The molecule has 0 amide bonds. The Bertz CT molecular complexity index is 936. The lowest BCUT2D eigenvalue weighted by molar-refractivity contribution is -0.136. The van der Waals surface area contributed by atoms with Crippen molar-refractivity contribution in [1.82, 2.24) is 9.66 Å². The number of hydrogen-bond acceptors (Lipinski definition) is 4. The van der Waals surface area contributed by atoms with E-state index < -0.39 is 5.97 Å². The zero-order valence-electron chi connectivity index (χ0n) is 13.2. The minimum atomic E-state index is -0.843. The molecule has 1 atom stereocenters. The lowest BCUT2D eigenvalue weighted by Crippen LogP contribution is -2.26. The summed E-state index contributed by atoms with van der Waals surface area (Å²) in [6.45, 7) is 0. The van der Waals surface area contributed by atoms with Gasteiger partial charge in [0.1, 0.15) is 0 Å². The van der Waals surface area contributed by atoms with Crippen LogP contribution in [-0.4, -0.2) is 31.7 Å². The van der Waals surface area contributed by atoms with Crippen molar-refractivity contribution in [3.63, 3.8) is 0 Å². The van der Waals surface area contributed by atoms with Crippen LogP contribution in [0.5, 0.6) is 0 Å². The Morgan fingerprint density at radius 2 is 1.68 bits per heavy atom. The quantitative estimate of drug-likeness (QED) is 0.779. The van der Waals surface area contributed by atoms with E-state index in [-0.39, 0.29) is 11.7 Å². The molecule has 124 valence electrons. The van der Waals surface area contributed by atoms with Crippen LogP contribution in [0.3, 0.4) is 0 Å². The Balaban J connectivity index is 1.77. The fraction of sp³-hybridized carbons (Fsp3) is 0.105. The molecule has 1 aliphatic rings. The number of hydrogen-bond donors (Lipinski definition) is 1. The van der Waals surface area contributed by atoms with Gasteiger partial charge in [0.15, 0.2) is 5.16 Å². The molecular formula is C19H15N3O2S. The monoisotopic (exact) mass is 349 g/mol. The molecule has 4 rings (SSSR count). The zero-order valence-corrected chi connectivity index (χ0v) is 14.1. The fourth-order valence-electron chi connectivity index (χ4n) is 2.77. The van der Waals surface area contributed by atoms with Crippen LogP contribution >= 0.6 is 11.8 Å². The highest BCUT2D eigenvalue weighted by Gasteiger charge is 2.29. The van der Waals surface area contributed by atoms with E-state index in [1.165, 1.54) is 11.8 Å². The molecule has 1 N–H and O–H groups in total. The van der Waals surface area contributed by atoms with Crippen LogP contribution in [0.4, 0.5) is 0 Å². The van der Waals surface area contributed by atoms with E-state index in [1.807, 2.05) is 66.9 Å². The highest BCUT2D eigenvalue weighted by Crippen LogP contribution is 2.34. The van der Waals surface area contributed by atoms with E-state index in [1.54, 1.807) is 4.68 Å². The van der Waals surface area contributed by atoms with Crippen molar-refractivity contribution in [3.8, 4) is 11.3 Å². The van der Waals surface area contributed by atoms with Crippen molar-refractivity contribution < 1.29 is 9.90 Å². The van der Waals surface area contributed by atoms with Gasteiger partial charge in [-0.15, -0.1) is 0 Å². The first kappa shape index (κ1) is 15.7. The summed E-state index contributed by atoms with van der Waals surface area (Å²) in [5.74, 6) is -0.843. The van der Waals surface area contributed by atoms with Gasteiger partial charge in [-0.05, 0) is 5.56 Å². The Morgan fingerprint density at radius 1 is 1.04 bits per heavy atom.